The normalized spacial score (nSPS) is 18.6. The molecule has 0 bridgehead atoms. The van der Waals surface area contributed by atoms with Crippen LogP contribution in [-0.4, -0.2) is 44.3 Å². The standard InChI is InChI=1S/C15H21N3O3/c1-10-13(11(2)17(3)16-10)6-7-14(19)18-8-4-5-12(18)9-15(20)21/h6-7,12H,4-5,8-9H2,1-3H3,(H,20,21). The van der Waals surface area contributed by atoms with Crippen LogP contribution in [0.4, 0.5) is 0 Å². The lowest BCUT2D eigenvalue weighted by molar-refractivity contribution is -0.139. The number of aliphatic carboxylic acids is 1. The molecule has 1 saturated heterocycles. The molecule has 6 heteroatoms. The smallest absolute Gasteiger partial charge is 0.305 e. The van der Waals surface area contributed by atoms with E-state index in [0.717, 1.165) is 29.8 Å². The van der Waals surface area contributed by atoms with Crippen molar-refractivity contribution < 1.29 is 14.7 Å². The summed E-state index contributed by atoms with van der Waals surface area (Å²) in [7, 11) is 1.87. The van der Waals surface area contributed by atoms with Gasteiger partial charge in [-0.05, 0) is 32.8 Å². The lowest BCUT2D eigenvalue weighted by Crippen LogP contribution is -2.35. The van der Waals surface area contributed by atoms with Gasteiger partial charge in [0.25, 0.3) is 0 Å². The predicted octanol–water partition coefficient (Wildman–Crippen LogP) is 1.52. The van der Waals surface area contributed by atoms with Gasteiger partial charge >= 0.3 is 5.97 Å². The van der Waals surface area contributed by atoms with Crippen LogP contribution in [0, 0.1) is 13.8 Å². The molecule has 0 aromatic carbocycles. The number of likely N-dealkylation sites (tertiary alicyclic amines) is 1. The predicted molar refractivity (Wildman–Crippen MR) is 78.7 cm³/mol. The van der Waals surface area contributed by atoms with Gasteiger partial charge in [-0.3, -0.25) is 14.3 Å². The minimum atomic E-state index is -0.859. The summed E-state index contributed by atoms with van der Waals surface area (Å²) in [6, 6.07) is -0.184. The summed E-state index contributed by atoms with van der Waals surface area (Å²) in [5, 5.41) is 13.2. The number of amides is 1. The summed E-state index contributed by atoms with van der Waals surface area (Å²) in [6.45, 7) is 4.49. The monoisotopic (exact) mass is 291 g/mol. The summed E-state index contributed by atoms with van der Waals surface area (Å²) in [5.74, 6) is -0.982. The maximum atomic E-state index is 12.3. The number of carbonyl (C=O) groups excluding carboxylic acids is 1. The molecule has 0 spiro atoms. The molecule has 0 radical (unpaired) electrons. The molecule has 1 aromatic heterocycles. The highest BCUT2D eigenvalue weighted by Crippen LogP contribution is 2.21. The van der Waals surface area contributed by atoms with Gasteiger partial charge in [0.2, 0.25) is 5.91 Å². The number of nitrogens with zero attached hydrogens (tertiary/aromatic N) is 3. The SMILES string of the molecule is Cc1nn(C)c(C)c1C=CC(=O)N1CCCC1CC(=O)O. The number of hydrogen-bond donors (Lipinski definition) is 1. The Balaban J connectivity index is 2.10. The fourth-order valence-electron chi connectivity index (χ4n) is 2.82. The Morgan fingerprint density at radius 3 is 2.71 bits per heavy atom. The van der Waals surface area contributed by atoms with Gasteiger partial charge in [-0.15, -0.1) is 0 Å². The first-order valence-corrected chi connectivity index (χ1v) is 7.11. The Hall–Kier alpha value is -2.11. The van der Waals surface area contributed by atoms with E-state index in [-0.39, 0.29) is 18.4 Å². The molecular formula is C15H21N3O3. The van der Waals surface area contributed by atoms with Crippen LogP contribution in [0.1, 0.15) is 36.2 Å². The van der Waals surface area contributed by atoms with Gasteiger partial charge in [0, 0.05) is 37.0 Å². The van der Waals surface area contributed by atoms with Crippen molar-refractivity contribution in [1.82, 2.24) is 14.7 Å². The molecule has 1 aliphatic heterocycles. The second-order valence-electron chi connectivity index (χ2n) is 5.47. The third-order valence-electron chi connectivity index (χ3n) is 4.03. The lowest BCUT2D eigenvalue weighted by Gasteiger charge is -2.21. The summed E-state index contributed by atoms with van der Waals surface area (Å²) < 4.78 is 1.78. The van der Waals surface area contributed by atoms with E-state index in [1.54, 1.807) is 15.7 Å². The van der Waals surface area contributed by atoms with E-state index in [1.165, 1.54) is 6.08 Å². The molecule has 1 amide bonds. The van der Waals surface area contributed by atoms with Crippen LogP contribution in [0.5, 0.6) is 0 Å². The molecule has 1 aromatic rings. The summed E-state index contributed by atoms with van der Waals surface area (Å²) in [4.78, 5) is 24.7. The van der Waals surface area contributed by atoms with Crippen molar-refractivity contribution >= 4 is 18.0 Å². The highest BCUT2D eigenvalue weighted by molar-refractivity contribution is 5.92. The molecular weight excluding hydrogens is 270 g/mol. The van der Waals surface area contributed by atoms with Gasteiger partial charge in [0.1, 0.15) is 0 Å². The molecule has 2 heterocycles. The van der Waals surface area contributed by atoms with E-state index in [2.05, 4.69) is 5.10 Å². The van der Waals surface area contributed by atoms with Gasteiger partial charge in [-0.1, -0.05) is 0 Å². The molecule has 1 unspecified atom stereocenters. The van der Waals surface area contributed by atoms with Gasteiger partial charge in [0.15, 0.2) is 0 Å². The van der Waals surface area contributed by atoms with Crippen LogP contribution in [0.3, 0.4) is 0 Å². The summed E-state index contributed by atoms with van der Waals surface area (Å²) in [5.41, 5.74) is 2.82. The molecule has 0 aliphatic carbocycles. The van der Waals surface area contributed by atoms with Crippen molar-refractivity contribution in [2.75, 3.05) is 6.54 Å². The first kappa shape index (κ1) is 15.3. The average Bonchev–Trinajstić information content (AvgIpc) is 2.93. The quantitative estimate of drug-likeness (QED) is 0.853. The molecule has 1 N–H and O–H groups in total. The molecule has 1 fully saturated rings. The fraction of sp³-hybridized carbons (Fsp3) is 0.533. The zero-order valence-electron chi connectivity index (χ0n) is 12.7. The van der Waals surface area contributed by atoms with Crippen molar-refractivity contribution in [3.63, 3.8) is 0 Å². The van der Waals surface area contributed by atoms with Crippen molar-refractivity contribution in [2.45, 2.75) is 39.2 Å². The molecule has 1 atom stereocenters. The van der Waals surface area contributed by atoms with Crippen molar-refractivity contribution in [3.05, 3.63) is 23.0 Å². The number of aromatic nitrogens is 2. The largest absolute Gasteiger partial charge is 0.481 e. The molecule has 0 saturated carbocycles. The van der Waals surface area contributed by atoms with Crippen LogP contribution in [-0.2, 0) is 16.6 Å². The summed E-state index contributed by atoms with van der Waals surface area (Å²) in [6.07, 6.45) is 4.94. The maximum absolute atomic E-state index is 12.3. The Labute approximate surface area is 124 Å². The number of carboxylic acid groups (broad SMARTS) is 1. The van der Waals surface area contributed by atoms with Crippen LogP contribution in [0.2, 0.25) is 0 Å². The van der Waals surface area contributed by atoms with Gasteiger partial charge in [0.05, 0.1) is 12.1 Å². The topological polar surface area (TPSA) is 75.4 Å². The Morgan fingerprint density at radius 2 is 2.14 bits per heavy atom. The van der Waals surface area contributed by atoms with Gasteiger partial charge in [-0.25, -0.2) is 0 Å². The fourth-order valence-corrected chi connectivity index (χ4v) is 2.82. The highest BCUT2D eigenvalue weighted by atomic mass is 16.4. The number of rotatable bonds is 4. The zero-order valence-corrected chi connectivity index (χ0v) is 12.7. The second-order valence-corrected chi connectivity index (χ2v) is 5.47. The number of carbonyl (C=O) groups is 2. The van der Waals surface area contributed by atoms with Crippen LogP contribution in [0.25, 0.3) is 6.08 Å². The average molecular weight is 291 g/mol. The van der Waals surface area contributed by atoms with E-state index in [4.69, 9.17) is 5.11 Å². The third-order valence-corrected chi connectivity index (χ3v) is 4.03. The Morgan fingerprint density at radius 1 is 1.43 bits per heavy atom. The lowest BCUT2D eigenvalue weighted by atomic mass is 10.1. The van der Waals surface area contributed by atoms with E-state index >= 15 is 0 Å². The first-order valence-electron chi connectivity index (χ1n) is 7.11. The van der Waals surface area contributed by atoms with Crippen molar-refractivity contribution in [1.29, 1.82) is 0 Å². The van der Waals surface area contributed by atoms with Crippen molar-refractivity contribution in [2.24, 2.45) is 7.05 Å². The third kappa shape index (κ3) is 3.32. The van der Waals surface area contributed by atoms with Gasteiger partial charge < -0.3 is 10.0 Å². The van der Waals surface area contributed by atoms with Crippen molar-refractivity contribution in [3.8, 4) is 0 Å². The number of carboxylic acids is 1. The minimum absolute atomic E-state index is 0.0184. The summed E-state index contributed by atoms with van der Waals surface area (Å²) >= 11 is 0. The van der Waals surface area contributed by atoms with Crippen LogP contribution < -0.4 is 0 Å². The first-order chi connectivity index (χ1) is 9.90. The van der Waals surface area contributed by atoms with E-state index in [1.807, 2.05) is 20.9 Å². The minimum Gasteiger partial charge on any atom is -0.481 e. The van der Waals surface area contributed by atoms with Gasteiger partial charge in [-0.2, -0.15) is 5.10 Å². The molecule has 2 rings (SSSR count). The zero-order chi connectivity index (χ0) is 15.6. The maximum Gasteiger partial charge on any atom is 0.305 e. The van der Waals surface area contributed by atoms with Crippen LogP contribution >= 0.6 is 0 Å². The molecule has 1 aliphatic rings. The number of hydrogen-bond acceptors (Lipinski definition) is 3. The second kappa shape index (κ2) is 6.11. The molecule has 21 heavy (non-hydrogen) atoms. The van der Waals surface area contributed by atoms with E-state index < -0.39 is 5.97 Å². The Bertz CT molecular complexity index is 589. The number of aryl methyl sites for hydroxylation is 2. The van der Waals surface area contributed by atoms with E-state index in [9.17, 15) is 9.59 Å². The Kier molecular flexibility index (Phi) is 4.45. The van der Waals surface area contributed by atoms with Crippen LogP contribution in [0.15, 0.2) is 6.08 Å². The molecule has 114 valence electrons. The molecule has 6 nitrogen and oxygen atoms in total. The highest BCUT2D eigenvalue weighted by Gasteiger charge is 2.29. The van der Waals surface area contributed by atoms with E-state index in [0.29, 0.717) is 6.54 Å².